The van der Waals surface area contributed by atoms with Gasteiger partial charge in [0.2, 0.25) is 0 Å². The van der Waals surface area contributed by atoms with Crippen LogP contribution >= 0.6 is 0 Å². The van der Waals surface area contributed by atoms with E-state index in [4.69, 9.17) is 4.98 Å². The predicted octanol–water partition coefficient (Wildman–Crippen LogP) is 8.95. The summed E-state index contributed by atoms with van der Waals surface area (Å²) in [5.74, 6) is 0.875. The Morgan fingerprint density at radius 1 is 0.450 bits per heavy atom. The Hall–Kier alpha value is -5.48. The maximum absolute atomic E-state index is 4.93. The minimum absolute atomic E-state index is 0.875. The second-order valence-corrected chi connectivity index (χ2v) is 10.3. The van der Waals surface area contributed by atoms with Crippen LogP contribution in [0.1, 0.15) is 0 Å². The standard InChI is InChI=1S/C36H22N4/c1-5-14-31-24(9-1)21-33-26-11-3-2-10-25(26)28-16-17-29-27-12-4-6-15-32(27)40(36(29)35(28)39(31)33)34-22-23(18-20-38-34)30-13-7-8-19-37-30/h1-22H. The summed E-state index contributed by atoms with van der Waals surface area (Å²) in [5.41, 5.74) is 7.86. The highest BCUT2D eigenvalue weighted by atomic mass is 15.1. The molecule has 0 aliphatic rings. The van der Waals surface area contributed by atoms with Gasteiger partial charge in [0.1, 0.15) is 5.82 Å². The van der Waals surface area contributed by atoms with E-state index >= 15 is 0 Å². The van der Waals surface area contributed by atoms with Crippen LogP contribution in [0.4, 0.5) is 0 Å². The van der Waals surface area contributed by atoms with Crippen LogP contribution in [0.5, 0.6) is 0 Å². The molecule has 0 N–H and O–H groups in total. The second-order valence-electron chi connectivity index (χ2n) is 10.3. The minimum atomic E-state index is 0.875. The van der Waals surface area contributed by atoms with Crippen molar-refractivity contribution in [1.29, 1.82) is 0 Å². The van der Waals surface area contributed by atoms with Gasteiger partial charge in [0.15, 0.2) is 0 Å². The van der Waals surface area contributed by atoms with Gasteiger partial charge in [0, 0.05) is 44.9 Å². The fraction of sp³-hybridized carbons (Fsp3) is 0. The lowest BCUT2D eigenvalue weighted by molar-refractivity contribution is 1.08. The maximum atomic E-state index is 4.93. The van der Waals surface area contributed by atoms with Crippen LogP contribution in [0.15, 0.2) is 134 Å². The van der Waals surface area contributed by atoms with Crippen LogP contribution in [0, 0.1) is 0 Å². The molecular formula is C36H22N4. The lowest BCUT2D eigenvalue weighted by Gasteiger charge is -2.14. The van der Waals surface area contributed by atoms with Crippen molar-refractivity contribution in [1.82, 2.24) is 18.9 Å². The van der Waals surface area contributed by atoms with E-state index in [-0.39, 0.29) is 0 Å². The van der Waals surface area contributed by atoms with Crippen molar-refractivity contribution >= 4 is 59.9 Å². The van der Waals surface area contributed by atoms with Gasteiger partial charge in [0.05, 0.1) is 33.3 Å². The molecule has 4 heteroatoms. The van der Waals surface area contributed by atoms with Crippen LogP contribution in [0.2, 0.25) is 0 Å². The second kappa shape index (κ2) is 8.01. The van der Waals surface area contributed by atoms with Crippen molar-refractivity contribution in [2.75, 3.05) is 0 Å². The van der Waals surface area contributed by atoms with Crippen molar-refractivity contribution in [3.8, 4) is 17.1 Å². The SMILES string of the molecule is c1ccc(-c2ccnc(-n3c4ccccc4c4ccc5c6ccccc6c6cc7ccccc7n6c5c43)c2)nc1. The van der Waals surface area contributed by atoms with Gasteiger partial charge in [-0.2, -0.15) is 0 Å². The van der Waals surface area contributed by atoms with Crippen LogP contribution in [-0.2, 0) is 0 Å². The van der Waals surface area contributed by atoms with Crippen LogP contribution < -0.4 is 0 Å². The van der Waals surface area contributed by atoms with Crippen molar-refractivity contribution in [2.24, 2.45) is 0 Å². The van der Waals surface area contributed by atoms with Gasteiger partial charge in [-0.15, -0.1) is 0 Å². The Morgan fingerprint density at radius 2 is 1.15 bits per heavy atom. The van der Waals surface area contributed by atoms with Crippen molar-refractivity contribution in [3.63, 3.8) is 0 Å². The van der Waals surface area contributed by atoms with E-state index in [0.29, 0.717) is 0 Å². The molecule has 186 valence electrons. The first-order valence-corrected chi connectivity index (χ1v) is 13.5. The molecule has 0 bridgehead atoms. The Bertz CT molecular complexity index is 2430. The van der Waals surface area contributed by atoms with Gasteiger partial charge < -0.3 is 4.40 Å². The first kappa shape index (κ1) is 21.5. The quantitative estimate of drug-likeness (QED) is 0.218. The first-order valence-electron chi connectivity index (χ1n) is 13.5. The molecule has 5 aromatic heterocycles. The fourth-order valence-corrected chi connectivity index (χ4v) is 6.49. The summed E-state index contributed by atoms with van der Waals surface area (Å²) in [6.45, 7) is 0. The molecule has 40 heavy (non-hydrogen) atoms. The highest BCUT2D eigenvalue weighted by Crippen LogP contribution is 2.41. The Morgan fingerprint density at radius 3 is 1.98 bits per heavy atom. The van der Waals surface area contributed by atoms with Gasteiger partial charge in [0.25, 0.3) is 0 Å². The largest absolute Gasteiger partial charge is 0.307 e. The Balaban J connectivity index is 1.54. The van der Waals surface area contributed by atoms with Gasteiger partial charge in [-0.25, -0.2) is 4.98 Å². The normalized spacial score (nSPS) is 12.0. The molecule has 0 fully saturated rings. The number of para-hydroxylation sites is 2. The number of hydrogen-bond donors (Lipinski definition) is 0. The molecule has 0 radical (unpaired) electrons. The lowest BCUT2D eigenvalue weighted by Crippen LogP contribution is -2.00. The molecule has 0 saturated carbocycles. The number of hydrogen-bond acceptors (Lipinski definition) is 2. The molecule has 0 spiro atoms. The minimum Gasteiger partial charge on any atom is -0.307 e. The Labute approximate surface area is 229 Å². The number of pyridine rings is 3. The zero-order valence-electron chi connectivity index (χ0n) is 21.5. The molecule has 4 aromatic carbocycles. The van der Waals surface area contributed by atoms with E-state index in [1.54, 1.807) is 0 Å². The molecule has 0 aliphatic carbocycles. The van der Waals surface area contributed by atoms with E-state index in [2.05, 4.69) is 111 Å². The molecule has 0 atom stereocenters. The summed E-state index contributed by atoms with van der Waals surface area (Å²) in [4.78, 5) is 9.54. The number of nitrogens with zero attached hydrogens (tertiary/aromatic N) is 4. The third-order valence-electron chi connectivity index (χ3n) is 8.17. The van der Waals surface area contributed by atoms with Gasteiger partial charge >= 0.3 is 0 Å². The van der Waals surface area contributed by atoms with E-state index in [1.807, 2.05) is 36.7 Å². The topological polar surface area (TPSA) is 35.1 Å². The van der Waals surface area contributed by atoms with E-state index < -0.39 is 0 Å². The number of fused-ring (bicyclic) bond motifs is 12. The van der Waals surface area contributed by atoms with Crippen molar-refractivity contribution < 1.29 is 0 Å². The molecule has 9 aromatic rings. The summed E-state index contributed by atoms with van der Waals surface area (Å²) in [7, 11) is 0. The molecule has 0 aliphatic heterocycles. The lowest BCUT2D eigenvalue weighted by atomic mass is 10.0. The van der Waals surface area contributed by atoms with Crippen LogP contribution in [-0.4, -0.2) is 18.9 Å². The number of benzene rings is 4. The van der Waals surface area contributed by atoms with E-state index in [0.717, 1.165) is 28.1 Å². The van der Waals surface area contributed by atoms with Gasteiger partial charge in [-0.05, 0) is 47.9 Å². The van der Waals surface area contributed by atoms with E-state index in [1.165, 1.54) is 48.9 Å². The number of aromatic nitrogens is 4. The predicted molar refractivity (Wildman–Crippen MR) is 165 cm³/mol. The molecule has 9 rings (SSSR count). The molecule has 5 heterocycles. The van der Waals surface area contributed by atoms with Crippen molar-refractivity contribution in [3.05, 3.63) is 134 Å². The number of rotatable bonds is 2. The molecule has 0 saturated heterocycles. The fourth-order valence-electron chi connectivity index (χ4n) is 6.49. The van der Waals surface area contributed by atoms with Crippen molar-refractivity contribution in [2.45, 2.75) is 0 Å². The highest BCUT2D eigenvalue weighted by Gasteiger charge is 2.20. The summed E-state index contributed by atoms with van der Waals surface area (Å²) in [5, 5.41) is 7.38. The average molecular weight is 511 g/mol. The van der Waals surface area contributed by atoms with Gasteiger partial charge in [-0.1, -0.05) is 78.9 Å². The molecule has 0 amide bonds. The highest BCUT2D eigenvalue weighted by molar-refractivity contribution is 6.25. The average Bonchev–Trinajstić information content (AvgIpc) is 3.58. The molecule has 4 nitrogen and oxygen atoms in total. The summed E-state index contributed by atoms with van der Waals surface area (Å²) >= 11 is 0. The summed E-state index contributed by atoms with van der Waals surface area (Å²) < 4.78 is 4.79. The smallest absolute Gasteiger partial charge is 0.138 e. The zero-order valence-corrected chi connectivity index (χ0v) is 21.5. The van der Waals surface area contributed by atoms with E-state index in [9.17, 15) is 0 Å². The molecule has 0 unspecified atom stereocenters. The van der Waals surface area contributed by atoms with Crippen LogP contribution in [0.25, 0.3) is 77.0 Å². The summed E-state index contributed by atoms with van der Waals surface area (Å²) in [6.07, 6.45) is 3.73. The maximum Gasteiger partial charge on any atom is 0.138 e. The zero-order chi connectivity index (χ0) is 26.2. The summed E-state index contributed by atoms with van der Waals surface area (Å²) in [6, 6.07) is 43.2. The van der Waals surface area contributed by atoms with Gasteiger partial charge in [-0.3, -0.25) is 9.55 Å². The monoisotopic (exact) mass is 510 g/mol. The Kier molecular flexibility index (Phi) is 4.30. The molecular weight excluding hydrogens is 488 g/mol. The van der Waals surface area contributed by atoms with Crippen LogP contribution in [0.3, 0.4) is 0 Å². The third-order valence-corrected chi connectivity index (χ3v) is 8.17. The first-order chi connectivity index (χ1) is 19.9. The third kappa shape index (κ3) is 2.85.